The quantitative estimate of drug-likeness (QED) is 0.875. The highest BCUT2D eigenvalue weighted by Crippen LogP contribution is 2.34. The Labute approximate surface area is 110 Å². The van der Waals surface area contributed by atoms with Gasteiger partial charge >= 0.3 is 0 Å². The first kappa shape index (κ1) is 12.2. The summed E-state index contributed by atoms with van der Waals surface area (Å²) in [5.41, 5.74) is 1.45. The molecule has 2 heterocycles. The maximum absolute atomic E-state index is 3.76. The number of hydrogen-bond donors (Lipinski definition) is 1. The monoisotopic (exact) mass is 244 g/mol. The van der Waals surface area contributed by atoms with Gasteiger partial charge < -0.3 is 10.2 Å². The molecule has 2 aliphatic heterocycles. The zero-order valence-corrected chi connectivity index (χ0v) is 11.3. The average molecular weight is 244 g/mol. The van der Waals surface area contributed by atoms with E-state index < -0.39 is 0 Å². The summed E-state index contributed by atoms with van der Waals surface area (Å²) in [6.07, 6.45) is 6.68. The van der Waals surface area contributed by atoms with Crippen molar-refractivity contribution in [3.8, 4) is 0 Å². The van der Waals surface area contributed by atoms with E-state index in [9.17, 15) is 0 Å². The number of benzene rings is 1. The lowest BCUT2D eigenvalue weighted by Crippen LogP contribution is -2.47. The molecule has 0 unspecified atom stereocenters. The van der Waals surface area contributed by atoms with Gasteiger partial charge in [-0.05, 0) is 51.3 Å². The molecule has 0 radical (unpaired) electrons. The standard InChI is InChI=1S/C16H24N2/c1-18-15-7-8-16(18)12-14(11-15)17-10-9-13-5-3-2-4-6-13/h2-6,14-17H,7-12H2,1H3/t15-,16-/m1/s1. The molecule has 3 rings (SSSR count). The number of rotatable bonds is 4. The molecule has 2 bridgehead atoms. The summed E-state index contributed by atoms with van der Waals surface area (Å²) in [7, 11) is 2.31. The number of nitrogens with zero attached hydrogens (tertiary/aromatic N) is 1. The van der Waals surface area contributed by atoms with Gasteiger partial charge in [-0.2, -0.15) is 0 Å². The van der Waals surface area contributed by atoms with Crippen molar-refractivity contribution in [2.24, 2.45) is 0 Å². The average Bonchev–Trinajstić information content (AvgIpc) is 2.64. The highest BCUT2D eigenvalue weighted by molar-refractivity contribution is 5.14. The van der Waals surface area contributed by atoms with Crippen molar-refractivity contribution in [3.05, 3.63) is 35.9 Å². The Morgan fingerprint density at radius 3 is 2.44 bits per heavy atom. The van der Waals surface area contributed by atoms with Crippen LogP contribution >= 0.6 is 0 Å². The van der Waals surface area contributed by atoms with Crippen LogP contribution in [0.3, 0.4) is 0 Å². The van der Waals surface area contributed by atoms with Gasteiger partial charge in [0.05, 0.1) is 0 Å². The second-order valence-corrected chi connectivity index (χ2v) is 5.91. The molecule has 2 nitrogen and oxygen atoms in total. The molecule has 0 amide bonds. The fourth-order valence-corrected chi connectivity index (χ4v) is 3.64. The minimum atomic E-state index is 0.752. The predicted octanol–water partition coefficient (Wildman–Crippen LogP) is 2.44. The molecule has 2 fully saturated rings. The number of nitrogens with one attached hydrogen (secondary N) is 1. The van der Waals surface area contributed by atoms with Crippen LogP contribution in [0, 0.1) is 0 Å². The molecule has 2 aliphatic rings. The van der Waals surface area contributed by atoms with E-state index in [1.165, 1.54) is 31.2 Å². The summed E-state index contributed by atoms with van der Waals surface area (Å²) in [5, 5.41) is 3.76. The lowest BCUT2D eigenvalue weighted by atomic mass is 9.98. The molecule has 1 aromatic rings. The van der Waals surface area contributed by atoms with Crippen molar-refractivity contribution in [1.29, 1.82) is 0 Å². The van der Waals surface area contributed by atoms with Crippen LogP contribution in [0.5, 0.6) is 0 Å². The van der Waals surface area contributed by atoms with Crippen LogP contribution in [0.1, 0.15) is 31.2 Å². The smallest absolute Gasteiger partial charge is 0.0111 e. The highest BCUT2D eigenvalue weighted by Gasteiger charge is 2.37. The van der Waals surface area contributed by atoms with E-state index in [1.807, 2.05) is 0 Å². The van der Waals surface area contributed by atoms with E-state index >= 15 is 0 Å². The van der Waals surface area contributed by atoms with Crippen LogP contribution in [-0.4, -0.2) is 36.6 Å². The minimum absolute atomic E-state index is 0.752. The molecule has 18 heavy (non-hydrogen) atoms. The van der Waals surface area contributed by atoms with Gasteiger partial charge in [-0.25, -0.2) is 0 Å². The second kappa shape index (κ2) is 5.41. The molecule has 2 heteroatoms. The highest BCUT2D eigenvalue weighted by atomic mass is 15.2. The van der Waals surface area contributed by atoms with Crippen molar-refractivity contribution in [3.63, 3.8) is 0 Å². The first-order chi connectivity index (χ1) is 8.83. The molecular weight excluding hydrogens is 220 g/mol. The molecule has 0 spiro atoms. The lowest BCUT2D eigenvalue weighted by molar-refractivity contribution is 0.149. The van der Waals surface area contributed by atoms with Crippen molar-refractivity contribution in [2.75, 3.05) is 13.6 Å². The minimum Gasteiger partial charge on any atom is -0.314 e. The molecule has 0 aromatic heterocycles. The van der Waals surface area contributed by atoms with Gasteiger partial charge in [0, 0.05) is 18.1 Å². The molecule has 0 aliphatic carbocycles. The Bertz CT molecular complexity index is 362. The Morgan fingerprint density at radius 2 is 1.78 bits per heavy atom. The largest absolute Gasteiger partial charge is 0.314 e. The van der Waals surface area contributed by atoms with Gasteiger partial charge in [-0.15, -0.1) is 0 Å². The van der Waals surface area contributed by atoms with Crippen molar-refractivity contribution in [1.82, 2.24) is 10.2 Å². The van der Waals surface area contributed by atoms with E-state index in [-0.39, 0.29) is 0 Å². The second-order valence-electron chi connectivity index (χ2n) is 5.91. The molecule has 98 valence electrons. The number of hydrogen-bond acceptors (Lipinski definition) is 2. The van der Waals surface area contributed by atoms with E-state index in [2.05, 4.69) is 47.6 Å². The Kier molecular flexibility index (Phi) is 3.67. The summed E-state index contributed by atoms with van der Waals surface area (Å²) < 4.78 is 0. The van der Waals surface area contributed by atoms with E-state index in [0.717, 1.165) is 31.1 Å². The van der Waals surface area contributed by atoms with E-state index in [4.69, 9.17) is 0 Å². The van der Waals surface area contributed by atoms with Crippen LogP contribution in [0.25, 0.3) is 0 Å². The molecular formula is C16H24N2. The van der Waals surface area contributed by atoms with Crippen LogP contribution in [0.4, 0.5) is 0 Å². The van der Waals surface area contributed by atoms with E-state index in [0.29, 0.717) is 0 Å². The first-order valence-corrected chi connectivity index (χ1v) is 7.32. The van der Waals surface area contributed by atoms with Gasteiger partial charge in [0.15, 0.2) is 0 Å². The van der Waals surface area contributed by atoms with Gasteiger partial charge in [0.1, 0.15) is 0 Å². The molecule has 1 N–H and O–H groups in total. The Balaban J connectivity index is 1.45. The predicted molar refractivity (Wildman–Crippen MR) is 75.7 cm³/mol. The summed E-state index contributed by atoms with van der Waals surface area (Å²) in [5.74, 6) is 0. The van der Waals surface area contributed by atoms with Crippen molar-refractivity contribution >= 4 is 0 Å². The van der Waals surface area contributed by atoms with Gasteiger partial charge in [0.25, 0.3) is 0 Å². The SMILES string of the molecule is CN1[C@@H]2CC[C@@H]1CC(NCCc1ccccc1)C2. The zero-order chi connectivity index (χ0) is 12.4. The topological polar surface area (TPSA) is 15.3 Å². The molecule has 1 aromatic carbocycles. The third-order valence-corrected chi connectivity index (χ3v) is 4.79. The summed E-state index contributed by atoms with van der Waals surface area (Å²) in [6.45, 7) is 1.12. The fraction of sp³-hybridized carbons (Fsp3) is 0.625. The van der Waals surface area contributed by atoms with Crippen LogP contribution in [0.15, 0.2) is 30.3 Å². The van der Waals surface area contributed by atoms with Crippen LogP contribution < -0.4 is 5.32 Å². The maximum Gasteiger partial charge on any atom is 0.0111 e. The van der Waals surface area contributed by atoms with Gasteiger partial charge in [-0.3, -0.25) is 0 Å². The first-order valence-electron chi connectivity index (χ1n) is 7.32. The lowest BCUT2D eigenvalue weighted by Gasteiger charge is -2.36. The fourth-order valence-electron chi connectivity index (χ4n) is 3.64. The van der Waals surface area contributed by atoms with Crippen LogP contribution in [-0.2, 0) is 6.42 Å². The third-order valence-electron chi connectivity index (χ3n) is 4.79. The van der Waals surface area contributed by atoms with Crippen LogP contribution in [0.2, 0.25) is 0 Å². The summed E-state index contributed by atoms with van der Waals surface area (Å²) in [6, 6.07) is 13.2. The van der Waals surface area contributed by atoms with Gasteiger partial charge in [-0.1, -0.05) is 30.3 Å². The molecule has 2 saturated heterocycles. The Hall–Kier alpha value is -0.860. The summed E-state index contributed by atoms with van der Waals surface area (Å²) >= 11 is 0. The van der Waals surface area contributed by atoms with Gasteiger partial charge in [0.2, 0.25) is 0 Å². The summed E-state index contributed by atoms with van der Waals surface area (Å²) in [4.78, 5) is 2.61. The normalized spacial score (nSPS) is 31.7. The number of piperidine rings is 1. The van der Waals surface area contributed by atoms with Crippen molar-refractivity contribution < 1.29 is 0 Å². The zero-order valence-electron chi connectivity index (χ0n) is 11.3. The van der Waals surface area contributed by atoms with Crippen molar-refractivity contribution in [2.45, 2.75) is 50.2 Å². The number of fused-ring (bicyclic) bond motifs is 2. The Morgan fingerprint density at radius 1 is 1.11 bits per heavy atom. The van der Waals surface area contributed by atoms with E-state index in [1.54, 1.807) is 0 Å². The maximum atomic E-state index is 3.76. The molecule has 2 atom stereocenters. The molecule has 0 saturated carbocycles. The third kappa shape index (κ3) is 2.60.